The number of hydrogen-bond donors (Lipinski definition) is 1. The lowest BCUT2D eigenvalue weighted by Gasteiger charge is -2.25. The van der Waals surface area contributed by atoms with E-state index < -0.39 is 0 Å². The van der Waals surface area contributed by atoms with Crippen LogP contribution in [0.2, 0.25) is 0 Å². The number of fused-ring (bicyclic) bond motifs is 1. The average Bonchev–Trinajstić information content (AvgIpc) is 2.39. The Bertz CT molecular complexity index is 382. The number of rotatable bonds is 1. The van der Waals surface area contributed by atoms with Crippen LogP contribution in [0.25, 0.3) is 0 Å². The minimum atomic E-state index is -0.203. The summed E-state index contributed by atoms with van der Waals surface area (Å²) in [7, 11) is 0. The third kappa shape index (κ3) is 1.14. The number of carbonyl (C=O) groups is 1. The predicted molar refractivity (Wildman–Crippen MR) is 54.7 cm³/mol. The van der Waals surface area contributed by atoms with Crippen molar-refractivity contribution in [2.75, 3.05) is 0 Å². The fourth-order valence-corrected chi connectivity index (χ4v) is 2.38. The van der Waals surface area contributed by atoms with E-state index >= 15 is 0 Å². The van der Waals surface area contributed by atoms with Gasteiger partial charge in [0.2, 0.25) is 5.91 Å². The van der Waals surface area contributed by atoms with Crippen LogP contribution >= 0.6 is 0 Å². The quantitative estimate of drug-likeness (QED) is 0.711. The van der Waals surface area contributed by atoms with Gasteiger partial charge >= 0.3 is 0 Å². The Labute approximate surface area is 84.1 Å². The van der Waals surface area contributed by atoms with E-state index in [0.29, 0.717) is 0 Å². The fourth-order valence-electron chi connectivity index (χ4n) is 2.38. The summed E-state index contributed by atoms with van der Waals surface area (Å²) >= 11 is 0. The first-order valence-electron chi connectivity index (χ1n) is 4.82. The largest absolute Gasteiger partial charge is 0.369 e. The lowest BCUT2D eigenvalue weighted by Crippen LogP contribution is -2.35. The van der Waals surface area contributed by atoms with Crippen molar-refractivity contribution in [3.8, 4) is 0 Å². The molecular formula is C12H14NO. The van der Waals surface area contributed by atoms with Crippen molar-refractivity contribution in [2.45, 2.75) is 25.7 Å². The van der Waals surface area contributed by atoms with Crippen LogP contribution < -0.4 is 5.73 Å². The molecule has 1 amide bonds. The molecule has 1 aliphatic rings. The van der Waals surface area contributed by atoms with Crippen LogP contribution in [0, 0.1) is 12.0 Å². The van der Waals surface area contributed by atoms with E-state index in [4.69, 9.17) is 5.73 Å². The number of amides is 1. The molecule has 0 saturated heterocycles. The lowest BCUT2D eigenvalue weighted by atomic mass is 9.78. The molecule has 0 spiro atoms. The van der Waals surface area contributed by atoms with Crippen LogP contribution in [0.15, 0.2) is 18.2 Å². The summed E-state index contributed by atoms with van der Waals surface area (Å²) in [5, 5.41) is 0. The lowest BCUT2D eigenvalue weighted by molar-refractivity contribution is -0.123. The monoisotopic (exact) mass is 188 g/mol. The topological polar surface area (TPSA) is 43.1 Å². The first-order chi connectivity index (χ1) is 6.53. The molecule has 2 heteroatoms. The van der Waals surface area contributed by atoms with Gasteiger partial charge in [-0.05, 0) is 23.6 Å². The Morgan fingerprint density at radius 1 is 1.64 bits per heavy atom. The van der Waals surface area contributed by atoms with Gasteiger partial charge in [-0.25, -0.2) is 0 Å². The van der Waals surface area contributed by atoms with Crippen molar-refractivity contribution in [1.82, 2.24) is 0 Å². The van der Waals surface area contributed by atoms with E-state index in [0.717, 1.165) is 6.42 Å². The van der Waals surface area contributed by atoms with Gasteiger partial charge in [0.15, 0.2) is 0 Å². The summed E-state index contributed by atoms with van der Waals surface area (Å²) in [4.78, 5) is 11.3. The van der Waals surface area contributed by atoms with Gasteiger partial charge in [0.05, 0.1) is 5.92 Å². The first kappa shape index (κ1) is 9.25. The maximum atomic E-state index is 11.3. The molecule has 1 atom stereocenters. The van der Waals surface area contributed by atoms with E-state index in [1.54, 1.807) is 0 Å². The van der Waals surface area contributed by atoms with Gasteiger partial charge in [-0.3, -0.25) is 4.79 Å². The normalized spacial score (nSPS) is 23.1. The van der Waals surface area contributed by atoms with E-state index in [-0.39, 0.29) is 17.2 Å². The van der Waals surface area contributed by atoms with E-state index in [2.05, 4.69) is 19.9 Å². The van der Waals surface area contributed by atoms with E-state index in [1.807, 2.05) is 18.2 Å². The third-order valence-electron chi connectivity index (χ3n) is 3.28. The van der Waals surface area contributed by atoms with Gasteiger partial charge in [0.25, 0.3) is 0 Å². The standard InChI is InChI=1S/C12H14NO/c1-12(2)9-6-4-3-5-8(9)7-10(12)11(13)14/h4-6,10H,7H2,1-2H3,(H2,13,14). The fraction of sp³-hybridized carbons (Fsp3) is 0.417. The molecular weight excluding hydrogens is 174 g/mol. The second-order valence-corrected chi connectivity index (χ2v) is 4.46. The minimum absolute atomic E-state index is 0.0756. The second-order valence-electron chi connectivity index (χ2n) is 4.46. The number of primary amides is 1. The van der Waals surface area contributed by atoms with Crippen molar-refractivity contribution in [1.29, 1.82) is 0 Å². The molecule has 1 unspecified atom stereocenters. The molecule has 1 aliphatic carbocycles. The summed E-state index contributed by atoms with van der Waals surface area (Å²) in [6.07, 6.45) is 0.759. The molecule has 1 radical (unpaired) electrons. The summed E-state index contributed by atoms with van der Waals surface area (Å²) in [5.41, 5.74) is 7.72. The maximum Gasteiger partial charge on any atom is 0.221 e. The van der Waals surface area contributed by atoms with Gasteiger partial charge in [0, 0.05) is 5.41 Å². The highest BCUT2D eigenvalue weighted by molar-refractivity contribution is 5.80. The highest BCUT2D eigenvalue weighted by atomic mass is 16.1. The smallest absolute Gasteiger partial charge is 0.221 e. The Morgan fingerprint density at radius 3 is 2.93 bits per heavy atom. The molecule has 2 rings (SSSR count). The number of nitrogens with two attached hydrogens (primary N) is 1. The zero-order valence-corrected chi connectivity index (χ0v) is 8.50. The highest BCUT2D eigenvalue weighted by Crippen LogP contribution is 2.42. The third-order valence-corrected chi connectivity index (χ3v) is 3.28. The first-order valence-corrected chi connectivity index (χ1v) is 4.82. The molecule has 1 aromatic rings. The molecule has 0 aromatic heterocycles. The van der Waals surface area contributed by atoms with Crippen molar-refractivity contribution in [3.63, 3.8) is 0 Å². The number of carbonyl (C=O) groups excluding carboxylic acids is 1. The van der Waals surface area contributed by atoms with Gasteiger partial charge in [-0.2, -0.15) is 0 Å². The molecule has 0 fully saturated rings. The van der Waals surface area contributed by atoms with Gasteiger partial charge in [0.1, 0.15) is 0 Å². The van der Waals surface area contributed by atoms with E-state index in [1.165, 1.54) is 11.1 Å². The van der Waals surface area contributed by atoms with Crippen LogP contribution in [0.5, 0.6) is 0 Å². The zero-order valence-electron chi connectivity index (χ0n) is 8.50. The molecule has 0 heterocycles. The molecule has 73 valence electrons. The minimum Gasteiger partial charge on any atom is -0.369 e. The van der Waals surface area contributed by atoms with Crippen LogP contribution in [0.1, 0.15) is 25.0 Å². The van der Waals surface area contributed by atoms with Crippen LogP contribution in [0.4, 0.5) is 0 Å². The molecule has 1 aromatic carbocycles. The van der Waals surface area contributed by atoms with Gasteiger partial charge in [-0.1, -0.05) is 32.0 Å². The van der Waals surface area contributed by atoms with Crippen molar-refractivity contribution in [3.05, 3.63) is 35.4 Å². The van der Waals surface area contributed by atoms with Crippen LogP contribution in [-0.2, 0) is 16.6 Å². The van der Waals surface area contributed by atoms with Gasteiger partial charge < -0.3 is 5.73 Å². The number of benzene rings is 1. The summed E-state index contributed by atoms with van der Waals surface area (Å²) in [6.45, 7) is 4.16. The Morgan fingerprint density at radius 2 is 2.36 bits per heavy atom. The molecule has 0 bridgehead atoms. The van der Waals surface area contributed by atoms with E-state index in [9.17, 15) is 4.79 Å². The van der Waals surface area contributed by atoms with Crippen LogP contribution in [-0.4, -0.2) is 5.91 Å². The predicted octanol–water partition coefficient (Wildman–Crippen LogP) is 1.42. The molecule has 0 aliphatic heterocycles. The summed E-state index contributed by atoms with van der Waals surface area (Å²) < 4.78 is 0. The molecule has 2 nitrogen and oxygen atoms in total. The summed E-state index contributed by atoms with van der Waals surface area (Å²) in [5.74, 6) is -0.278. The number of hydrogen-bond acceptors (Lipinski definition) is 1. The Balaban J connectivity index is 2.50. The van der Waals surface area contributed by atoms with Crippen molar-refractivity contribution in [2.24, 2.45) is 11.7 Å². The average molecular weight is 188 g/mol. The summed E-state index contributed by atoms with van der Waals surface area (Å²) in [6, 6.07) is 8.93. The van der Waals surface area contributed by atoms with Crippen molar-refractivity contribution >= 4 is 5.91 Å². The van der Waals surface area contributed by atoms with Crippen molar-refractivity contribution < 1.29 is 4.79 Å². The highest BCUT2D eigenvalue weighted by Gasteiger charge is 2.42. The SMILES string of the molecule is CC1(C)c2cc[c]cc2CC1C(N)=O. The molecule has 2 N–H and O–H groups in total. The van der Waals surface area contributed by atoms with Gasteiger partial charge in [-0.15, -0.1) is 0 Å². The molecule has 0 saturated carbocycles. The zero-order chi connectivity index (χ0) is 10.3. The Kier molecular flexibility index (Phi) is 1.88. The second kappa shape index (κ2) is 2.84. The molecule has 14 heavy (non-hydrogen) atoms. The van der Waals surface area contributed by atoms with Crippen LogP contribution in [0.3, 0.4) is 0 Å². The maximum absolute atomic E-state index is 11.3. The Hall–Kier alpha value is -1.31.